The molecule has 2 aromatic rings. The predicted octanol–water partition coefficient (Wildman–Crippen LogP) is 5.91. The first-order valence-corrected chi connectivity index (χ1v) is 13.7. The Morgan fingerprint density at radius 3 is 2.56 bits per heavy atom. The molecule has 150 valence electrons. The standard InChI is InChI=1S/C17H23Cl4N3O2Si/c1-27(2,3)7-6-25-11-24-10-13-9-14(18)8-12(15(13)23-24)4-5-26-16(22)17(19,20)21/h8-10,22H,4-7,11H2,1-3H3. The Labute approximate surface area is 180 Å². The second kappa shape index (κ2) is 9.33. The van der Waals surface area contributed by atoms with Crippen molar-refractivity contribution in [2.75, 3.05) is 13.2 Å². The topological polar surface area (TPSA) is 60.1 Å². The first-order valence-electron chi connectivity index (χ1n) is 8.47. The zero-order valence-electron chi connectivity index (χ0n) is 15.5. The fraction of sp³-hybridized carbons (Fsp3) is 0.529. The average molecular weight is 471 g/mol. The van der Waals surface area contributed by atoms with Gasteiger partial charge in [-0.2, -0.15) is 5.10 Å². The summed E-state index contributed by atoms with van der Waals surface area (Å²) in [4.78, 5) is 0. The zero-order valence-corrected chi connectivity index (χ0v) is 19.5. The van der Waals surface area contributed by atoms with E-state index in [0.717, 1.165) is 29.1 Å². The van der Waals surface area contributed by atoms with Crippen LogP contribution >= 0.6 is 46.4 Å². The summed E-state index contributed by atoms with van der Waals surface area (Å²) in [6.45, 7) is 8.25. The maximum atomic E-state index is 7.58. The molecule has 0 saturated carbocycles. The van der Waals surface area contributed by atoms with Crippen LogP contribution in [0.1, 0.15) is 5.56 Å². The number of ether oxygens (including phenoxy) is 2. The first-order chi connectivity index (χ1) is 12.5. The predicted molar refractivity (Wildman–Crippen MR) is 117 cm³/mol. The second-order valence-electron chi connectivity index (χ2n) is 7.44. The van der Waals surface area contributed by atoms with Crippen LogP contribution in [0, 0.1) is 5.41 Å². The molecule has 0 bridgehead atoms. The van der Waals surface area contributed by atoms with Gasteiger partial charge in [-0.1, -0.05) is 66.0 Å². The number of hydrogen-bond acceptors (Lipinski definition) is 4. The Kier molecular flexibility index (Phi) is 7.87. The highest BCUT2D eigenvalue weighted by Gasteiger charge is 2.28. The van der Waals surface area contributed by atoms with Gasteiger partial charge in [0.15, 0.2) is 0 Å². The number of benzene rings is 1. The lowest BCUT2D eigenvalue weighted by molar-refractivity contribution is 0.0791. The van der Waals surface area contributed by atoms with Gasteiger partial charge in [-0.25, -0.2) is 4.68 Å². The minimum absolute atomic E-state index is 0.182. The number of aromatic nitrogens is 2. The molecule has 1 aromatic carbocycles. The summed E-state index contributed by atoms with van der Waals surface area (Å²) in [5.74, 6) is -0.410. The Bertz CT molecular complexity index is 800. The molecule has 1 N–H and O–H groups in total. The lowest BCUT2D eigenvalue weighted by Gasteiger charge is -2.15. The normalized spacial score (nSPS) is 12.6. The Morgan fingerprint density at radius 2 is 1.93 bits per heavy atom. The van der Waals surface area contributed by atoms with E-state index in [9.17, 15) is 0 Å². The molecule has 5 nitrogen and oxygen atoms in total. The van der Waals surface area contributed by atoms with Crippen LogP contribution in [0.15, 0.2) is 18.3 Å². The van der Waals surface area contributed by atoms with E-state index in [4.69, 9.17) is 61.3 Å². The molecule has 0 aliphatic rings. The third-order valence-corrected chi connectivity index (χ3v) is 6.23. The summed E-state index contributed by atoms with van der Waals surface area (Å²) in [5, 5.41) is 13.7. The van der Waals surface area contributed by atoms with Crippen molar-refractivity contribution in [1.29, 1.82) is 5.41 Å². The maximum absolute atomic E-state index is 7.58. The van der Waals surface area contributed by atoms with Gasteiger partial charge in [0.25, 0.3) is 3.79 Å². The van der Waals surface area contributed by atoms with Gasteiger partial charge in [0.2, 0.25) is 5.90 Å². The highest BCUT2D eigenvalue weighted by Crippen LogP contribution is 2.28. The number of halogens is 4. The molecular formula is C17H23Cl4N3O2Si. The molecule has 2 rings (SSSR count). The van der Waals surface area contributed by atoms with Crippen LogP contribution in [0.25, 0.3) is 10.9 Å². The van der Waals surface area contributed by atoms with E-state index in [-0.39, 0.29) is 6.61 Å². The average Bonchev–Trinajstić information content (AvgIpc) is 2.92. The summed E-state index contributed by atoms with van der Waals surface area (Å²) in [6.07, 6.45) is 2.39. The summed E-state index contributed by atoms with van der Waals surface area (Å²) < 4.78 is 10.9. The molecule has 0 atom stereocenters. The van der Waals surface area contributed by atoms with Crippen molar-refractivity contribution in [2.45, 2.75) is 42.6 Å². The van der Waals surface area contributed by atoms with Crippen molar-refractivity contribution in [3.8, 4) is 0 Å². The maximum Gasteiger partial charge on any atom is 0.265 e. The van der Waals surface area contributed by atoms with Gasteiger partial charge < -0.3 is 9.47 Å². The van der Waals surface area contributed by atoms with Crippen molar-refractivity contribution in [2.24, 2.45) is 0 Å². The van der Waals surface area contributed by atoms with E-state index < -0.39 is 17.8 Å². The van der Waals surface area contributed by atoms with Crippen molar-refractivity contribution in [3.05, 3.63) is 28.9 Å². The van der Waals surface area contributed by atoms with E-state index >= 15 is 0 Å². The van der Waals surface area contributed by atoms with Crippen LogP contribution < -0.4 is 0 Å². The quantitative estimate of drug-likeness (QED) is 0.171. The molecular weight excluding hydrogens is 448 g/mol. The summed E-state index contributed by atoms with van der Waals surface area (Å²) >= 11 is 23.0. The van der Waals surface area contributed by atoms with Crippen molar-refractivity contribution >= 4 is 71.3 Å². The molecule has 0 aliphatic heterocycles. The fourth-order valence-corrected chi connectivity index (χ4v) is 3.52. The SMILES string of the molecule is C[Si](C)(C)CCOCn1cc2cc(Cl)cc(CCOC(=N)C(Cl)(Cl)Cl)c2n1. The minimum atomic E-state index is -1.86. The van der Waals surface area contributed by atoms with Gasteiger partial charge in [-0.05, 0) is 23.7 Å². The summed E-state index contributed by atoms with van der Waals surface area (Å²) in [6, 6.07) is 4.79. The Balaban J connectivity index is 2.02. The Morgan fingerprint density at radius 1 is 1.22 bits per heavy atom. The highest BCUT2D eigenvalue weighted by atomic mass is 35.6. The van der Waals surface area contributed by atoms with E-state index in [1.54, 1.807) is 4.68 Å². The molecule has 0 unspecified atom stereocenters. The van der Waals surface area contributed by atoms with Crippen molar-refractivity contribution in [1.82, 2.24) is 9.78 Å². The van der Waals surface area contributed by atoms with Gasteiger partial charge in [0.1, 0.15) is 6.73 Å². The lowest BCUT2D eigenvalue weighted by atomic mass is 10.1. The first kappa shape index (κ1) is 22.8. The zero-order chi connectivity index (χ0) is 20.2. The third-order valence-electron chi connectivity index (χ3n) is 3.79. The summed E-state index contributed by atoms with van der Waals surface area (Å²) in [7, 11) is -1.11. The monoisotopic (exact) mass is 469 g/mol. The van der Waals surface area contributed by atoms with E-state index in [1.807, 2.05) is 18.3 Å². The van der Waals surface area contributed by atoms with E-state index in [1.165, 1.54) is 0 Å². The molecule has 27 heavy (non-hydrogen) atoms. The molecule has 0 fully saturated rings. The number of rotatable bonds is 8. The van der Waals surface area contributed by atoms with Gasteiger partial charge >= 0.3 is 0 Å². The van der Waals surface area contributed by atoms with Crippen LogP contribution in [0.5, 0.6) is 0 Å². The van der Waals surface area contributed by atoms with Crippen LogP contribution in [0.4, 0.5) is 0 Å². The Hall–Kier alpha value is -0.503. The minimum Gasteiger partial charge on any atom is -0.478 e. The number of nitrogens with zero attached hydrogens (tertiary/aromatic N) is 2. The largest absolute Gasteiger partial charge is 0.478 e. The number of nitrogens with one attached hydrogen (secondary N) is 1. The molecule has 0 aliphatic carbocycles. The van der Waals surface area contributed by atoms with Crippen LogP contribution in [-0.4, -0.2) is 40.8 Å². The van der Waals surface area contributed by atoms with Crippen LogP contribution in [0.2, 0.25) is 30.7 Å². The molecule has 0 saturated heterocycles. The molecule has 10 heteroatoms. The van der Waals surface area contributed by atoms with Crippen molar-refractivity contribution in [3.63, 3.8) is 0 Å². The molecule has 1 aromatic heterocycles. The van der Waals surface area contributed by atoms with Gasteiger partial charge in [0.05, 0.1) is 12.1 Å². The van der Waals surface area contributed by atoms with Crippen molar-refractivity contribution < 1.29 is 9.47 Å². The van der Waals surface area contributed by atoms with Gasteiger partial charge in [0, 0.05) is 37.7 Å². The van der Waals surface area contributed by atoms with Crippen LogP contribution in [-0.2, 0) is 22.6 Å². The molecule has 0 radical (unpaired) electrons. The van der Waals surface area contributed by atoms with E-state index in [2.05, 4.69) is 24.7 Å². The second-order valence-corrected chi connectivity index (χ2v) is 15.8. The fourth-order valence-electron chi connectivity index (χ4n) is 2.36. The lowest BCUT2D eigenvalue weighted by Crippen LogP contribution is -2.22. The number of alkyl halides is 3. The molecule has 0 spiro atoms. The third kappa shape index (κ3) is 7.44. The molecule has 1 heterocycles. The summed E-state index contributed by atoms with van der Waals surface area (Å²) in [5.41, 5.74) is 1.72. The van der Waals surface area contributed by atoms with E-state index in [0.29, 0.717) is 18.2 Å². The number of hydrogen-bond donors (Lipinski definition) is 1. The highest BCUT2D eigenvalue weighted by molar-refractivity contribution is 6.76. The molecule has 0 amide bonds. The van der Waals surface area contributed by atoms with Gasteiger partial charge in [-0.3, -0.25) is 5.41 Å². The van der Waals surface area contributed by atoms with Crippen LogP contribution in [0.3, 0.4) is 0 Å². The smallest absolute Gasteiger partial charge is 0.265 e. The number of fused-ring (bicyclic) bond motifs is 1. The van der Waals surface area contributed by atoms with Gasteiger partial charge in [-0.15, -0.1) is 0 Å².